The maximum Gasteiger partial charge on any atom is 0.214 e. The standard InChI is InChI=1S/C11H8N4OS2/c16-8(9-3-1-5-17-9)7-15-13-11(12-14-15)10-4-2-6-18-10/h1-6H,7H2. The lowest BCUT2D eigenvalue weighted by Gasteiger charge is -1.95. The van der Waals surface area contributed by atoms with Gasteiger partial charge in [0.15, 0.2) is 5.78 Å². The fourth-order valence-corrected chi connectivity index (χ4v) is 2.76. The molecule has 0 fully saturated rings. The molecule has 0 amide bonds. The Kier molecular flexibility index (Phi) is 2.99. The highest BCUT2D eigenvalue weighted by Gasteiger charge is 2.11. The van der Waals surface area contributed by atoms with Crippen LogP contribution in [0, 0.1) is 0 Å². The number of carbonyl (C=O) groups excluding carboxylic acids is 1. The number of hydrogen-bond acceptors (Lipinski definition) is 6. The van der Waals surface area contributed by atoms with Gasteiger partial charge in [0.1, 0.15) is 6.54 Å². The van der Waals surface area contributed by atoms with Gasteiger partial charge in [0, 0.05) is 0 Å². The number of aromatic nitrogens is 4. The Labute approximate surface area is 111 Å². The van der Waals surface area contributed by atoms with E-state index < -0.39 is 0 Å². The van der Waals surface area contributed by atoms with E-state index in [0.29, 0.717) is 10.7 Å². The molecule has 0 bridgehead atoms. The predicted molar refractivity (Wildman–Crippen MR) is 69.8 cm³/mol. The lowest BCUT2D eigenvalue weighted by atomic mass is 10.3. The molecule has 0 aliphatic carbocycles. The molecule has 3 heterocycles. The summed E-state index contributed by atoms with van der Waals surface area (Å²) >= 11 is 2.96. The maximum atomic E-state index is 11.9. The molecular weight excluding hydrogens is 268 g/mol. The second kappa shape index (κ2) is 4.79. The van der Waals surface area contributed by atoms with Crippen molar-refractivity contribution in [1.82, 2.24) is 20.2 Å². The molecule has 18 heavy (non-hydrogen) atoms. The smallest absolute Gasteiger partial charge is 0.214 e. The minimum Gasteiger partial charge on any atom is -0.291 e. The van der Waals surface area contributed by atoms with Gasteiger partial charge in [0.25, 0.3) is 0 Å². The SMILES string of the molecule is O=C(Cn1nnc(-c2cccs2)n1)c1cccs1. The Morgan fingerprint density at radius 1 is 1.22 bits per heavy atom. The summed E-state index contributed by atoms with van der Waals surface area (Å²) in [6.07, 6.45) is 0. The third-order valence-corrected chi connectivity index (χ3v) is 4.05. The first kappa shape index (κ1) is 11.2. The first-order valence-electron chi connectivity index (χ1n) is 5.21. The van der Waals surface area contributed by atoms with Crippen LogP contribution in [0.5, 0.6) is 0 Å². The van der Waals surface area contributed by atoms with E-state index in [1.54, 1.807) is 17.4 Å². The lowest BCUT2D eigenvalue weighted by molar-refractivity contribution is 0.0965. The minimum absolute atomic E-state index is 0.000120. The van der Waals surface area contributed by atoms with E-state index in [4.69, 9.17) is 0 Å². The van der Waals surface area contributed by atoms with Crippen LogP contribution in [0.3, 0.4) is 0 Å². The van der Waals surface area contributed by atoms with Crippen molar-refractivity contribution >= 4 is 28.5 Å². The first-order chi connectivity index (χ1) is 8.83. The number of rotatable bonds is 4. The number of hydrogen-bond donors (Lipinski definition) is 0. The van der Waals surface area contributed by atoms with E-state index in [2.05, 4.69) is 15.4 Å². The summed E-state index contributed by atoms with van der Waals surface area (Å²) in [5.74, 6) is 0.559. The van der Waals surface area contributed by atoms with E-state index in [1.165, 1.54) is 16.1 Å². The number of ketones is 1. The van der Waals surface area contributed by atoms with Crippen LogP contribution in [0.4, 0.5) is 0 Å². The van der Waals surface area contributed by atoms with Crippen LogP contribution in [0.2, 0.25) is 0 Å². The van der Waals surface area contributed by atoms with Gasteiger partial charge in [-0.05, 0) is 28.1 Å². The zero-order chi connectivity index (χ0) is 12.4. The average molecular weight is 276 g/mol. The normalized spacial score (nSPS) is 10.7. The second-order valence-corrected chi connectivity index (χ2v) is 5.42. The zero-order valence-corrected chi connectivity index (χ0v) is 10.8. The molecule has 0 unspecified atom stereocenters. The molecule has 5 nitrogen and oxygen atoms in total. The van der Waals surface area contributed by atoms with Gasteiger partial charge in [0.2, 0.25) is 5.82 Å². The Hall–Kier alpha value is -1.86. The number of tetrazole rings is 1. The van der Waals surface area contributed by atoms with Gasteiger partial charge < -0.3 is 0 Å². The molecule has 0 radical (unpaired) electrons. The highest BCUT2D eigenvalue weighted by molar-refractivity contribution is 7.13. The van der Waals surface area contributed by atoms with Crippen molar-refractivity contribution in [2.24, 2.45) is 0 Å². The van der Waals surface area contributed by atoms with Crippen LogP contribution in [-0.4, -0.2) is 26.0 Å². The lowest BCUT2D eigenvalue weighted by Crippen LogP contribution is -2.12. The molecule has 0 aliphatic heterocycles. The van der Waals surface area contributed by atoms with Gasteiger partial charge in [-0.15, -0.1) is 32.9 Å². The van der Waals surface area contributed by atoms with Gasteiger partial charge >= 0.3 is 0 Å². The molecule has 0 saturated heterocycles. The third kappa shape index (κ3) is 2.22. The molecule has 3 rings (SSSR count). The van der Waals surface area contributed by atoms with Gasteiger partial charge in [-0.25, -0.2) is 0 Å². The fraction of sp³-hybridized carbons (Fsp3) is 0.0909. The van der Waals surface area contributed by atoms with Crippen LogP contribution < -0.4 is 0 Å². The summed E-state index contributed by atoms with van der Waals surface area (Å²) in [4.78, 5) is 14.8. The van der Waals surface area contributed by atoms with Crippen LogP contribution in [0.15, 0.2) is 35.0 Å². The summed E-state index contributed by atoms with van der Waals surface area (Å²) in [7, 11) is 0. The van der Waals surface area contributed by atoms with Crippen molar-refractivity contribution in [3.05, 3.63) is 39.9 Å². The monoisotopic (exact) mass is 276 g/mol. The molecule has 3 aromatic heterocycles. The Bertz CT molecular complexity index is 642. The van der Waals surface area contributed by atoms with Crippen LogP contribution in [0.1, 0.15) is 9.67 Å². The van der Waals surface area contributed by atoms with Crippen molar-refractivity contribution in [3.63, 3.8) is 0 Å². The molecule has 0 spiro atoms. The van der Waals surface area contributed by atoms with Gasteiger partial charge in [0.05, 0.1) is 9.75 Å². The van der Waals surface area contributed by atoms with Gasteiger partial charge in [-0.2, -0.15) is 4.80 Å². The van der Waals surface area contributed by atoms with Crippen LogP contribution in [0.25, 0.3) is 10.7 Å². The largest absolute Gasteiger partial charge is 0.291 e. The molecule has 0 saturated carbocycles. The molecule has 3 aromatic rings. The van der Waals surface area contributed by atoms with E-state index in [9.17, 15) is 4.79 Å². The van der Waals surface area contributed by atoms with Crippen molar-refractivity contribution in [3.8, 4) is 10.7 Å². The Morgan fingerprint density at radius 3 is 2.78 bits per heavy atom. The quantitative estimate of drug-likeness (QED) is 0.686. The van der Waals surface area contributed by atoms with E-state index >= 15 is 0 Å². The van der Waals surface area contributed by atoms with Crippen molar-refractivity contribution < 1.29 is 4.79 Å². The van der Waals surface area contributed by atoms with Crippen molar-refractivity contribution in [1.29, 1.82) is 0 Å². The van der Waals surface area contributed by atoms with Crippen molar-refractivity contribution in [2.45, 2.75) is 6.54 Å². The molecule has 0 aliphatic rings. The molecule has 90 valence electrons. The number of nitrogens with zero attached hydrogens (tertiary/aromatic N) is 4. The number of thiophene rings is 2. The van der Waals surface area contributed by atoms with E-state index in [-0.39, 0.29) is 12.3 Å². The van der Waals surface area contributed by atoms with Gasteiger partial charge in [-0.1, -0.05) is 12.1 Å². The molecule has 0 N–H and O–H groups in total. The topological polar surface area (TPSA) is 60.7 Å². The number of Topliss-reactive ketones (excluding diaryl/α,β-unsaturated/α-hetero) is 1. The Balaban J connectivity index is 1.76. The molecule has 0 aromatic carbocycles. The summed E-state index contributed by atoms with van der Waals surface area (Å²) in [5, 5.41) is 15.8. The zero-order valence-electron chi connectivity index (χ0n) is 9.18. The minimum atomic E-state index is 0.000120. The van der Waals surface area contributed by atoms with Crippen LogP contribution >= 0.6 is 22.7 Å². The Morgan fingerprint density at radius 2 is 2.06 bits per heavy atom. The van der Waals surface area contributed by atoms with E-state index in [0.717, 1.165) is 4.88 Å². The predicted octanol–water partition coefficient (Wildman–Crippen LogP) is 2.35. The summed E-state index contributed by atoms with van der Waals surface area (Å²) in [6, 6.07) is 7.50. The average Bonchev–Trinajstić information content (AvgIpc) is 3.12. The number of carbonyl (C=O) groups is 1. The molecular formula is C11H8N4OS2. The summed E-state index contributed by atoms with van der Waals surface area (Å²) in [6.45, 7) is 0.124. The maximum absolute atomic E-state index is 11.9. The van der Waals surface area contributed by atoms with Crippen LogP contribution in [-0.2, 0) is 6.54 Å². The summed E-state index contributed by atoms with van der Waals surface area (Å²) in [5.41, 5.74) is 0. The highest BCUT2D eigenvalue weighted by Crippen LogP contribution is 2.19. The second-order valence-electron chi connectivity index (χ2n) is 3.52. The van der Waals surface area contributed by atoms with Gasteiger partial charge in [-0.3, -0.25) is 4.79 Å². The fourth-order valence-electron chi connectivity index (χ4n) is 1.46. The highest BCUT2D eigenvalue weighted by atomic mass is 32.1. The molecule has 7 heteroatoms. The third-order valence-electron chi connectivity index (χ3n) is 2.28. The first-order valence-corrected chi connectivity index (χ1v) is 6.97. The summed E-state index contributed by atoms with van der Waals surface area (Å²) < 4.78 is 0. The van der Waals surface area contributed by atoms with Crippen molar-refractivity contribution in [2.75, 3.05) is 0 Å². The van der Waals surface area contributed by atoms with E-state index in [1.807, 2.05) is 29.0 Å². The molecule has 0 atom stereocenters.